The van der Waals surface area contributed by atoms with Crippen LogP contribution in [0.3, 0.4) is 0 Å². The van der Waals surface area contributed by atoms with E-state index in [-0.39, 0.29) is 5.82 Å². The lowest BCUT2D eigenvalue weighted by Gasteiger charge is -2.01. The van der Waals surface area contributed by atoms with Crippen LogP contribution < -0.4 is 0 Å². The van der Waals surface area contributed by atoms with Crippen molar-refractivity contribution in [3.8, 4) is 22.6 Å². The van der Waals surface area contributed by atoms with Gasteiger partial charge in [-0.15, -0.1) is 0 Å². The molecule has 5 rings (SSSR count). The summed E-state index contributed by atoms with van der Waals surface area (Å²) in [5, 5.41) is 8.73. The third kappa shape index (κ3) is 3.29. The number of hydrogen-bond acceptors (Lipinski definition) is 4. The number of fused-ring (bicyclic) bond motifs is 1. The van der Waals surface area contributed by atoms with E-state index < -0.39 is 0 Å². The summed E-state index contributed by atoms with van der Waals surface area (Å²) >= 11 is 0. The molecule has 0 amide bonds. The van der Waals surface area contributed by atoms with Gasteiger partial charge in [0.25, 0.3) is 0 Å². The molecule has 0 spiro atoms. The smallest absolute Gasteiger partial charge is 0.155 e. The van der Waals surface area contributed by atoms with Gasteiger partial charge in [-0.2, -0.15) is 10.2 Å². The molecule has 0 aliphatic heterocycles. The highest BCUT2D eigenvalue weighted by Crippen LogP contribution is 2.29. The summed E-state index contributed by atoms with van der Waals surface area (Å²) in [6, 6.07) is 12.6. The summed E-state index contributed by atoms with van der Waals surface area (Å²) in [7, 11) is 1.88. The van der Waals surface area contributed by atoms with Gasteiger partial charge < -0.3 is 4.98 Å². The molecule has 0 atom stereocenters. The van der Waals surface area contributed by atoms with Gasteiger partial charge in [0.05, 0.1) is 11.4 Å². The molecule has 0 radical (unpaired) electrons. The van der Waals surface area contributed by atoms with Gasteiger partial charge in [-0.3, -0.25) is 4.68 Å². The van der Waals surface area contributed by atoms with Crippen LogP contribution >= 0.6 is 0 Å². The van der Waals surface area contributed by atoms with Gasteiger partial charge in [0.2, 0.25) is 0 Å². The summed E-state index contributed by atoms with van der Waals surface area (Å²) in [4.78, 5) is 12.4. The van der Waals surface area contributed by atoms with E-state index in [1.807, 2.05) is 43.7 Å². The fraction of sp³-hybridized carbons (Fsp3) is 0.143. The molecule has 1 aromatic carbocycles. The van der Waals surface area contributed by atoms with Gasteiger partial charge in [-0.1, -0.05) is 18.2 Å². The van der Waals surface area contributed by atoms with Crippen molar-refractivity contribution in [3.63, 3.8) is 0 Å². The number of nitrogens with one attached hydrogen (secondary N) is 1. The van der Waals surface area contributed by atoms with Gasteiger partial charge in [-0.25, -0.2) is 18.9 Å². The van der Waals surface area contributed by atoms with Crippen LogP contribution in [-0.4, -0.2) is 34.3 Å². The van der Waals surface area contributed by atoms with Crippen LogP contribution in [0.1, 0.15) is 11.4 Å². The second-order valence-electron chi connectivity index (χ2n) is 6.85. The maximum absolute atomic E-state index is 14.0. The lowest BCUT2D eigenvalue weighted by atomic mass is 10.1. The molecule has 0 unspecified atom stereocenters. The van der Waals surface area contributed by atoms with Crippen molar-refractivity contribution in [2.45, 2.75) is 12.8 Å². The number of aryl methyl sites for hydroxylation is 3. The quantitative estimate of drug-likeness (QED) is 0.501. The van der Waals surface area contributed by atoms with Crippen LogP contribution in [0.2, 0.25) is 0 Å². The number of imidazole rings is 1. The van der Waals surface area contributed by atoms with Crippen molar-refractivity contribution in [1.82, 2.24) is 34.3 Å². The Morgan fingerprint density at radius 2 is 1.97 bits per heavy atom. The minimum absolute atomic E-state index is 0.194. The first-order chi connectivity index (χ1) is 14.2. The Kier molecular flexibility index (Phi) is 4.16. The maximum Gasteiger partial charge on any atom is 0.155 e. The number of benzene rings is 1. The Balaban J connectivity index is 1.54. The first-order valence-corrected chi connectivity index (χ1v) is 9.29. The van der Waals surface area contributed by atoms with Crippen molar-refractivity contribution in [2.75, 3.05) is 0 Å². The molecule has 4 aromatic heterocycles. The van der Waals surface area contributed by atoms with Crippen molar-refractivity contribution in [2.24, 2.45) is 7.05 Å². The number of nitrogens with zero attached hydrogens (tertiary/aromatic N) is 6. The van der Waals surface area contributed by atoms with E-state index >= 15 is 0 Å². The minimum atomic E-state index is -0.194. The number of aromatic nitrogens is 7. The molecular formula is C21H18FN7. The van der Waals surface area contributed by atoms with Crippen molar-refractivity contribution >= 4 is 5.65 Å². The zero-order valence-corrected chi connectivity index (χ0v) is 15.7. The number of aromatic amines is 1. The molecular weight excluding hydrogens is 369 g/mol. The molecule has 0 aliphatic carbocycles. The van der Waals surface area contributed by atoms with Gasteiger partial charge in [-0.05, 0) is 36.2 Å². The van der Waals surface area contributed by atoms with Crippen molar-refractivity contribution in [3.05, 3.63) is 78.4 Å². The molecule has 4 heterocycles. The van der Waals surface area contributed by atoms with Crippen molar-refractivity contribution in [1.29, 1.82) is 0 Å². The summed E-state index contributed by atoms with van der Waals surface area (Å²) in [5.74, 6) is 0.587. The standard InChI is InChI=1S/C21H18FN7/c1-28-11-10-17(27-28)21-20(15-7-9-19-23-13-24-29(19)12-15)25-18(26-21)8-6-14-4-2-3-5-16(14)22/h2-5,7,9-13H,6,8H2,1H3,(H,25,26). The maximum atomic E-state index is 14.0. The van der Waals surface area contributed by atoms with E-state index in [0.717, 1.165) is 34.1 Å². The predicted octanol–water partition coefficient (Wildman–Crippen LogP) is 3.44. The number of pyridine rings is 1. The Hall–Kier alpha value is -3.81. The molecule has 0 saturated heterocycles. The average molecular weight is 387 g/mol. The summed E-state index contributed by atoms with van der Waals surface area (Å²) in [6.45, 7) is 0. The topological polar surface area (TPSA) is 76.7 Å². The molecule has 0 fully saturated rings. The molecule has 0 aliphatic rings. The Morgan fingerprint density at radius 1 is 1.07 bits per heavy atom. The van der Waals surface area contributed by atoms with Gasteiger partial charge in [0, 0.05) is 31.4 Å². The van der Waals surface area contributed by atoms with Gasteiger partial charge in [0.15, 0.2) is 5.65 Å². The monoisotopic (exact) mass is 387 g/mol. The molecule has 29 heavy (non-hydrogen) atoms. The second kappa shape index (κ2) is 6.97. The minimum Gasteiger partial charge on any atom is -0.340 e. The zero-order chi connectivity index (χ0) is 19.8. The number of H-pyrrole nitrogens is 1. The Labute approximate surface area is 165 Å². The van der Waals surface area contributed by atoms with E-state index in [4.69, 9.17) is 4.98 Å². The zero-order valence-electron chi connectivity index (χ0n) is 15.7. The van der Waals surface area contributed by atoms with Crippen LogP contribution in [0, 0.1) is 5.82 Å². The van der Waals surface area contributed by atoms with Crippen LogP contribution in [0.25, 0.3) is 28.3 Å². The Bertz CT molecular complexity index is 1300. The summed E-state index contributed by atoms with van der Waals surface area (Å²) in [6.07, 6.45) is 6.45. The SMILES string of the molecule is Cn1ccc(-c2[nH]c(CCc3ccccc3F)nc2-c2ccc3ncnn3c2)n1. The normalized spacial score (nSPS) is 11.4. The molecule has 7 nitrogen and oxygen atoms in total. The van der Waals surface area contributed by atoms with E-state index in [9.17, 15) is 4.39 Å². The summed E-state index contributed by atoms with van der Waals surface area (Å²) in [5.41, 5.74) is 4.75. The predicted molar refractivity (Wildman–Crippen MR) is 107 cm³/mol. The molecule has 8 heteroatoms. The third-order valence-electron chi connectivity index (χ3n) is 4.86. The molecule has 144 valence electrons. The number of rotatable bonds is 5. The fourth-order valence-corrected chi connectivity index (χ4v) is 3.39. The van der Waals surface area contributed by atoms with E-state index in [0.29, 0.717) is 18.4 Å². The average Bonchev–Trinajstić information content (AvgIpc) is 3.45. The molecule has 0 bridgehead atoms. The summed E-state index contributed by atoms with van der Waals surface area (Å²) < 4.78 is 17.4. The van der Waals surface area contributed by atoms with Crippen LogP contribution in [0.4, 0.5) is 4.39 Å². The van der Waals surface area contributed by atoms with Gasteiger partial charge in [0.1, 0.15) is 23.7 Å². The Morgan fingerprint density at radius 3 is 2.79 bits per heavy atom. The highest BCUT2D eigenvalue weighted by atomic mass is 19.1. The molecule has 0 saturated carbocycles. The van der Waals surface area contributed by atoms with E-state index in [1.54, 1.807) is 21.3 Å². The van der Waals surface area contributed by atoms with Crippen molar-refractivity contribution < 1.29 is 4.39 Å². The number of halogens is 1. The highest BCUT2D eigenvalue weighted by Gasteiger charge is 2.17. The van der Waals surface area contributed by atoms with Gasteiger partial charge >= 0.3 is 0 Å². The highest BCUT2D eigenvalue weighted by molar-refractivity contribution is 5.76. The molecule has 5 aromatic rings. The number of hydrogen-bond donors (Lipinski definition) is 1. The van der Waals surface area contributed by atoms with Crippen LogP contribution in [0.15, 0.2) is 61.2 Å². The lowest BCUT2D eigenvalue weighted by Crippen LogP contribution is -1.96. The second-order valence-corrected chi connectivity index (χ2v) is 6.85. The molecule has 1 N–H and O–H groups in total. The van der Waals surface area contributed by atoms with E-state index in [2.05, 4.69) is 20.2 Å². The lowest BCUT2D eigenvalue weighted by molar-refractivity contribution is 0.607. The first-order valence-electron chi connectivity index (χ1n) is 9.29. The fourth-order valence-electron chi connectivity index (χ4n) is 3.39. The largest absolute Gasteiger partial charge is 0.340 e. The van der Waals surface area contributed by atoms with Crippen LogP contribution in [0.5, 0.6) is 0 Å². The first kappa shape index (κ1) is 17.3. The van der Waals surface area contributed by atoms with Crippen LogP contribution in [-0.2, 0) is 19.9 Å². The van der Waals surface area contributed by atoms with E-state index in [1.165, 1.54) is 12.4 Å². The third-order valence-corrected chi connectivity index (χ3v) is 4.86.